The number of thiazole rings is 1. The molecule has 2 aliphatic rings. The maximum absolute atomic E-state index is 12.5. The summed E-state index contributed by atoms with van der Waals surface area (Å²) in [4.78, 5) is 24.8. The quantitative estimate of drug-likeness (QED) is 0.681. The zero-order valence-electron chi connectivity index (χ0n) is 15.2. The van der Waals surface area contributed by atoms with Crippen molar-refractivity contribution in [2.24, 2.45) is 0 Å². The highest BCUT2D eigenvalue weighted by Crippen LogP contribution is 2.29. The molecule has 4 heterocycles. The van der Waals surface area contributed by atoms with Gasteiger partial charge in [0.05, 0.1) is 35.6 Å². The molecule has 0 radical (unpaired) electrons. The largest absolute Gasteiger partial charge is 0.375 e. The Balaban J connectivity index is 1.33. The van der Waals surface area contributed by atoms with Gasteiger partial charge in [-0.2, -0.15) is 0 Å². The van der Waals surface area contributed by atoms with Gasteiger partial charge in [-0.05, 0) is 36.4 Å². The van der Waals surface area contributed by atoms with Gasteiger partial charge in [0.25, 0.3) is 0 Å². The Morgan fingerprint density at radius 3 is 2.93 bits per heavy atom. The van der Waals surface area contributed by atoms with Crippen LogP contribution >= 0.6 is 11.3 Å². The lowest BCUT2D eigenvalue weighted by Crippen LogP contribution is -2.40. The molecule has 1 aromatic carbocycles. The van der Waals surface area contributed by atoms with Crippen LogP contribution in [0.4, 0.5) is 0 Å². The molecule has 6 heteroatoms. The maximum Gasteiger partial charge on any atom is 0.152 e. The third kappa shape index (κ3) is 3.40. The van der Waals surface area contributed by atoms with Gasteiger partial charge in [-0.25, -0.2) is 4.98 Å². The average Bonchev–Trinajstić information content (AvgIpc) is 3.38. The zero-order valence-corrected chi connectivity index (χ0v) is 16.0. The highest BCUT2D eigenvalue weighted by atomic mass is 32.1. The Morgan fingerprint density at radius 1 is 1.26 bits per heavy atom. The van der Waals surface area contributed by atoms with Crippen LogP contribution in [0.15, 0.2) is 36.7 Å². The number of rotatable bonds is 5. The predicted molar refractivity (Wildman–Crippen MR) is 106 cm³/mol. The van der Waals surface area contributed by atoms with E-state index in [1.807, 2.05) is 25.4 Å². The maximum atomic E-state index is 12.5. The standard InChI is InChI=1S/C21H21N3O2S/c1-13-22-9-21(27-13)14-2-3-15-8-23-17(5-16(15)4-14)6-19(25)10-24-11-20-7-18(24)12-26-20/h2-5,8-9,18,20H,6-7,10-12H2,1H3/t18-,20-/m1/s1. The number of likely N-dealkylation sites (tertiary alicyclic amines) is 1. The second-order valence-electron chi connectivity index (χ2n) is 7.47. The van der Waals surface area contributed by atoms with Crippen LogP contribution < -0.4 is 0 Å². The molecule has 2 aromatic heterocycles. The van der Waals surface area contributed by atoms with Crippen molar-refractivity contribution < 1.29 is 9.53 Å². The van der Waals surface area contributed by atoms with E-state index in [-0.39, 0.29) is 5.78 Å². The Labute approximate surface area is 162 Å². The number of Topliss-reactive ketones (excluding diaryl/α,β-unsaturated/α-hetero) is 1. The first kappa shape index (κ1) is 17.0. The van der Waals surface area contributed by atoms with Crippen LogP contribution in [0.1, 0.15) is 17.1 Å². The fraction of sp³-hybridized carbons (Fsp3) is 0.381. The van der Waals surface area contributed by atoms with Gasteiger partial charge in [-0.3, -0.25) is 14.7 Å². The molecule has 2 saturated heterocycles. The van der Waals surface area contributed by atoms with Crippen LogP contribution in [-0.4, -0.2) is 52.5 Å². The summed E-state index contributed by atoms with van der Waals surface area (Å²) in [6.45, 7) is 4.18. The van der Waals surface area contributed by atoms with Crippen molar-refractivity contribution in [1.82, 2.24) is 14.9 Å². The Bertz CT molecular complexity index is 1020. The molecular weight excluding hydrogens is 358 g/mol. The van der Waals surface area contributed by atoms with Crippen molar-refractivity contribution in [3.8, 4) is 10.4 Å². The van der Waals surface area contributed by atoms with Crippen LogP contribution in [0.25, 0.3) is 21.2 Å². The van der Waals surface area contributed by atoms with Crippen molar-refractivity contribution in [3.05, 3.63) is 47.4 Å². The third-order valence-electron chi connectivity index (χ3n) is 5.46. The van der Waals surface area contributed by atoms with E-state index >= 15 is 0 Å². The molecule has 5 nitrogen and oxygen atoms in total. The SMILES string of the molecule is Cc1ncc(-c2ccc3cnc(CC(=O)CN4C[C@H]5C[C@@H]4CO5)cc3c2)s1. The molecule has 2 atom stereocenters. The number of aromatic nitrogens is 2. The summed E-state index contributed by atoms with van der Waals surface area (Å²) in [6, 6.07) is 8.82. The molecule has 2 fully saturated rings. The second kappa shape index (κ2) is 6.78. The van der Waals surface area contributed by atoms with E-state index < -0.39 is 0 Å². The lowest BCUT2D eigenvalue weighted by molar-refractivity contribution is -0.120. The second-order valence-corrected chi connectivity index (χ2v) is 8.71. The Morgan fingerprint density at radius 2 is 2.19 bits per heavy atom. The van der Waals surface area contributed by atoms with Gasteiger partial charge in [0.15, 0.2) is 5.78 Å². The first-order valence-corrected chi connectivity index (χ1v) is 10.1. The highest BCUT2D eigenvalue weighted by molar-refractivity contribution is 7.15. The molecule has 0 unspecified atom stereocenters. The van der Waals surface area contributed by atoms with E-state index in [9.17, 15) is 4.79 Å². The van der Waals surface area contributed by atoms with E-state index in [0.717, 1.165) is 51.5 Å². The van der Waals surface area contributed by atoms with Crippen molar-refractivity contribution >= 4 is 27.9 Å². The number of aryl methyl sites for hydroxylation is 1. The smallest absolute Gasteiger partial charge is 0.152 e. The Hall–Kier alpha value is -2.15. The van der Waals surface area contributed by atoms with Crippen molar-refractivity contribution in [2.45, 2.75) is 31.9 Å². The number of hydrogen-bond acceptors (Lipinski definition) is 6. The molecule has 0 spiro atoms. The number of carbonyl (C=O) groups is 1. The van der Waals surface area contributed by atoms with Crippen molar-refractivity contribution in [3.63, 3.8) is 0 Å². The van der Waals surface area contributed by atoms with E-state index in [4.69, 9.17) is 4.74 Å². The molecule has 138 valence electrons. The number of morpholine rings is 1. The lowest BCUT2D eigenvalue weighted by atomic mass is 10.1. The summed E-state index contributed by atoms with van der Waals surface area (Å²) in [5.41, 5.74) is 2.00. The van der Waals surface area contributed by atoms with E-state index in [1.165, 1.54) is 0 Å². The number of fused-ring (bicyclic) bond motifs is 3. The molecule has 0 N–H and O–H groups in total. The summed E-state index contributed by atoms with van der Waals surface area (Å²) in [6.07, 6.45) is 5.57. The molecule has 3 aromatic rings. The topological polar surface area (TPSA) is 55.3 Å². The third-order valence-corrected chi connectivity index (χ3v) is 6.42. The highest BCUT2D eigenvalue weighted by Gasteiger charge is 2.39. The molecule has 0 saturated carbocycles. The summed E-state index contributed by atoms with van der Waals surface area (Å²) in [7, 11) is 0. The van der Waals surface area contributed by atoms with Gasteiger partial charge in [-0.15, -0.1) is 11.3 Å². The summed E-state index contributed by atoms with van der Waals surface area (Å²) in [5, 5.41) is 3.27. The van der Waals surface area contributed by atoms with E-state index in [0.29, 0.717) is 25.1 Å². The number of hydrogen-bond donors (Lipinski definition) is 0. The van der Waals surface area contributed by atoms with E-state index in [2.05, 4.69) is 33.1 Å². The fourth-order valence-electron chi connectivity index (χ4n) is 4.09. The normalized spacial score (nSPS) is 22.0. The number of carbonyl (C=O) groups excluding carboxylic acids is 1. The minimum absolute atomic E-state index is 0.226. The van der Waals surface area contributed by atoms with Gasteiger partial charge < -0.3 is 4.74 Å². The van der Waals surface area contributed by atoms with Gasteiger partial charge in [-0.1, -0.05) is 12.1 Å². The monoisotopic (exact) mass is 379 g/mol. The summed E-state index contributed by atoms with van der Waals surface area (Å²) < 4.78 is 5.61. The molecule has 0 aliphatic carbocycles. The van der Waals surface area contributed by atoms with Crippen LogP contribution in [0.3, 0.4) is 0 Å². The fourth-order valence-corrected chi connectivity index (χ4v) is 4.86. The van der Waals surface area contributed by atoms with E-state index in [1.54, 1.807) is 11.3 Å². The number of benzene rings is 1. The van der Waals surface area contributed by atoms with Crippen LogP contribution in [0.2, 0.25) is 0 Å². The molecule has 2 bridgehead atoms. The molecular formula is C21H21N3O2S. The Kier molecular flexibility index (Phi) is 4.27. The minimum atomic E-state index is 0.226. The summed E-state index contributed by atoms with van der Waals surface area (Å²) >= 11 is 1.69. The van der Waals surface area contributed by atoms with Crippen molar-refractivity contribution in [1.29, 1.82) is 0 Å². The first-order valence-electron chi connectivity index (χ1n) is 9.33. The molecule has 0 amide bonds. The van der Waals surface area contributed by atoms with Gasteiger partial charge in [0, 0.05) is 36.1 Å². The summed E-state index contributed by atoms with van der Waals surface area (Å²) in [5.74, 6) is 0.226. The van der Waals surface area contributed by atoms with Gasteiger partial charge in [0.1, 0.15) is 0 Å². The number of nitrogens with zero attached hydrogens (tertiary/aromatic N) is 3. The van der Waals surface area contributed by atoms with Gasteiger partial charge >= 0.3 is 0 Å². The zero-order chi connectivity index (χ0) is 18.4. The van der Waals surface area contributed by atoms with Crippen LogP contribution in [0.5, 0.6) is 0 Å². The average molecular weight is 379 g/mol. The first-order chi connectivity index (χ1) is 13.1. The lowest BCUT2D eigenvalue weighted by Gasteiger charge is -2.25. The van der Waals surface area contributed by atoms with Crippen LogP contribution in [-0.2, 0) is 16.0 Å². The number of ether oxygens (including phenoxy) is 1. The van der Waals surface area contributed by atoms with Crippen molar-refractivity contribution in [2.75, 3.05) is 19.7 Å². The molecule has 2 aliphatic heterocycles. The number of pyridine rings is 1. The molecule has 5 rings (SSSR count). The van der Waals surface area contributed by atoms with Crippen LogP contribution in [0, 0.1) is 6.92 Å². The van der Waals surface area contributed by atoms with Gasteiger partial charge in [0.2, 0.25) is 0 Å². The molecule has 27 heavy (non-hydrogen) atoms. The predicted octanol–water partition coefficient (Wildman–Crippen LogP) is 3.25. The number of ketones is 1. The minimum Gasteiger partial charge on any atom is -0.375 e.